The second-order valence-electron chi connectivity index (χ2n) is 8.37. The molecule has 1 aliphatic heterocycles. The number of imide groups is 1. The number of nitrogens with one attached hydrogen (secondary N) is 1. The number of amides is 2. The Hall–Kier alpha value is -4.38. The van der Waals surface area contributed by atoms with E-state index in [0.717, 1.165) is 27.6 Å². The van der Waals surface area contributed by atoms with E-state index < -0.39 is 0 Å². The van der Waals surface area contributed by atoms with Crippen molar-refractivity contribution in [3.8, 4) is 5.75 Å². The van der Waals surface area contributed by atoms with E-state index in [9.17, 15) is 9.59 Å². The molecule has 0 radical (unpaired) electrons. The molecule has 1 N–H and O–H groups in total. The SMILES string of the molecule is COc1ccc(C2=C(Nc3ccc(C)cc3C)C(=O)N(c3cccc4ccccc34)C2=O)cc1. The Morgan fingerprint density at radius 2 is 1.53 bits per heavy atom. The van der Waals surface area contributed by atoms with E-state index in [0.29, 0.717) is 22.6 Å². The summed E-state index contributed by atoms with van der Waals surface area (Å²) in [4.78, 5) is 28.9. The maximum absolute atomic E-state index is 13.8. The van der Waals surface area contributed by atoms with Gasteiger partial charge in [0.1, 0.15) is 11.4 Å². The van der Waals surface area contributed by atoms with Crippen LogP contribution in [0.15, 0.2) is 90.6 Å². The van der Waals surface area contributed by atoms with Gasteiger partial charge in [-0.25, -0.2) is 4.90 Å². The predicted octanol–water partition coefficient (Wildman–Crippen LogP) is 5.86. The Labute approximate surface area is 198 Å². The van der Waals surface area contributed by atoms with E-state index >= 15 is 0 Å². The molecule has 4 aromatic carbocycles. The molecule has 4 aromatic rings. The highest BCUT2D eigenvalue weighted by atomic mass is 16.5. The molecule has 0 unspecified atom stereocenters. The summed E-state index contributed by atoms with van der Waals surface area (Å²) in [6, 6.07) is 26.5. The van der Waals surface area contributed by atoms with Crippen molar-refractivity contribution < 1.29 is 14.3 Å². The fourth-order valence-corrected chi connectivity index (χ4v) is 4.38. The van der Waals surface area contributed by atoms with Crippen molar-refractivity contribution in [3.05, 3.63) is 107 Å². The topological polar surface area (TPSA) is 58.6 Å². The summed E-state index contributed by atoms with van der Waals surface area (Å²) in [6.07, 6.45) is 0. The van der Waals surface area contributed by atoms with Crippen molar-refractivity contribution >= 4 is 39.5 Å². The number of hydrogen-bond donors (Lipinski definition) is 1. The van der Waals surface area contributed by atoms with Gasteiger partial charge in [0.15, 0.2) is 0 Å². The standard InChI is InChI=1S/C29H24N2O3/c1-18-11-16-24(19(2)17-18)30-27-26(21-12-14-22(34-3)15-13-21)28(32)31(29(27)33)25-10-6-8-20-7-4-5-9-23(20)25/h4-17,30H,1-3H3. The molecule has 0 saturated carbocycles. The number of methoxy groups -OCH3 is 1. The average molecular weight is 449 g/mol. The minimum atomic E-state index is -0.382. The number of fused-ring (bicyclic) bond motifs is 1. The Morgan fingerprint density at radius 1 is 0.794 bits per heavy atom. The zero-order chi connectivity index (χ0) is 23.8. The van der Waals surface area contributed by atoms with E-state index in [1.807, 2.05) is 74.5 Å². The third kappa shape index (κ3) is 3.61. The summed E-state index contributed by atoms with van der Waals surface area (Å²) in [6.45, 7) is 4.00. The van der Waals surface area contributed by atoms with E-state index in [2.05, 4.69) is 5.32 Å². The second kappa shape index (κ2) is 8.52. The summed E-state index contributed by atoms with van der Waals surface area (Å²) < 4.78 is 5.27. The van der Waals surface area contributed by atoms with Crippen LogP contribution < -0.4 is 15.0 Å². The van der Waals surface area contributed by atoms with Crippen LogP contribution in [0.4, 0.5) is 11.4 Å². The molecule has 34 heavy (non-hydrogen) atoms. The summed E-state index contributed by atoms with van der Waals surface area (Å²) in [7, 11) is 1.59. The number of carbonyl (C=O) groups is 2. The van der Waals surface area contributed by atoms with Crippen molar-refractivity contribution in [1.82, 2.24) is 0 Å². The van der Waals surface area contributed by atoms with Gasteiger partial charge in [0, 0.05) is 11.1 Å². The number of hydrogen-bond acceptors (Lipinski definition) is 4. The second-order valence-corrected chi connectivity index (χ2v) is 8.37. The lowest BCUT2D eigenvalue weighted by Crippen LogP contribution is -2.32. The average Bonchev–Trinajstić information content (AvgIpc) is 3.09. The van der Waals surface area contributed by atoms with Crippen LogP contribution in [-0.2, 0) is 9.59 Å². The molecule has 2 amide bonds. The zero-order valence-electron chi connectivity index (χ0n) is 19.3. The Bertz CT molecular complexity index is 1460. The van der Waals surface area contributed by atoms with Crippen LogP contribution in [0.5, 0.6) is 5.75 Å². The first-order chi connectivity index (χ1) is 16.5. The van der Waals surface area contributed by atoms with Gasteiger partial charge in [0.25, 0.3) is 11.8 Å². The molecule has 0 bridgehead atoms. The quantitative estimate of drug-likeness (QED) is 0.389. The maximum Gasteiger partial charge on any atom is 0.282 e. The third-order valence-electron chi connectivity index (χ3n) is 6.11. The van der Waals surface area contributed by atoms with Gasteiger partial charge in [-0.1, -0.05) is 66.2 Å². The number of anilines is 2. The van der Waals surface area contributed by atoms with Crippen molar-refractivity contribution in [2.24, 2.45) is 0 Å². The maximum atomic E-state index is 13.8. The Kier molecular flexibility index (Phi) is 5.38. The first-order valence-electron chi connectivity index (χ1n) is 11.1. The van der Waals surface area contributed by atoms with Crippen molar-refractivity contribution in [2.45, 2.75) is 13.8 Å². The van der Waals surface area contributed by atoms with Crippen LogP contribution in [0.3, 0.4) is 0 Å². The third-order valence-corrected chi connectivity index (χ3v) is 6.11. The summed E-state index contributed by atoms with van der Waals surface area (Å²) >= 11 is 0. The van der Waals surface area contributed by atoms with Gasteiger partial charge in [-0.05, 0) is 54.6 Å². The lowest BCUT2D eigenvalue weighted by atomic mass is 10.0. The van der Waals surface area contributed by atoms with Gasteiger partial charge in [-0.3, -0.25) is 9.59 Å². The van der Waals surface area contributed by atoms with Crippen LogP contribution in [-0.4, -0.2) is 18.9 Å². The normalized spacial score (nSPS) is 13.7. The van der Waals surface area contributed by atoms with Crippen LogP contribution in [0.2, 0.25) is 0 Å². The van der Waals surface area contributed by atoms with Gasteiger partial charge in [0.05, 0.1) is 18.4 Å². The highest BCUT2D eigenvalue weighted by molar-refractivity contribution is 6.47. The van der Waals surface area contributed by atoms with E-state index in [1.165, 1.54) is 4.90 Å². The molecule has 0 aromatic heterocycles. The fourth-order valence-electron chi connectivity index (χ4n) is 4.38. The fraction of sp³-hybridized carbons (Fsp3) is 0.103. The predicted molar refractivity (Wildman–Crippen MR) is 136 cm³/mol. The molecule has 0 aliphatic carbocycles. The minimum Gasteiger partial charge on any atom is -0.497 e. The Morgan fingerprint density at radius 3 is 2.26 bits per heavy atom. The molecule has 1 heterocycles. The van der Waals surface area contributed by atoms with E-state index in [1.54, 1.807) is 31.4 Å². The van der Waals surface area contributed by atoms with Crippen LogP contribution in [0, 0.1) is 13.8 Å². The number of carbonyl (C=O) groups excluding carboxylic acids is 2. The van der Waals surface area contributed by atoms with Gasteiger partial charge in [0.2, 0.25) is 0 Å². The highest BCUT2D eigenvalue weighted by Gasteiger charge is 2.41. The molecule has 168 valence electrons. The van der Waals surface area contributed by atoms with Gasteiger partial charge in [-0.15, -0.1) is 0 Å². The van der Waals surface area contributed by atoms with E-state index in [-0.39, 0.29) is 17.5 Å². The van der Waals surface area contributed by atoms with Crippen molar-refractivity contribution in [3.63, 3.8) is 0 Å². The number of ether oxygens (including phenoxy) is 1. The molecule has 5 rings (SSSR count). The molecule has 0 saturated heterocycles. The number of aryl methyl sites for hydroxylation is 2. The summed E-state index contributed by atoms with van der Waals surface area (Å²) in [5, 5.41) is 5.08. The smallest absolute Gasteiger partial charge is 0.282 e. The zero-order valence-corrected chi connectivity index (χ0v) is 19.3. The van der Waals surface area contributed by atoms with Crippen molar-refractivity contribution in [2.75, 3.05) is 17.3 Å². The van der Waals surface area contributed by atoms with E-state index in [4.69, 9.17) is 4.74 Å². The first-order valence-corrected chi connectivity index (χ1v) is 11.1. The Balaban J connectivity index is 1.66. The number of benzene rings is 4. The van der Waals surface area contributed by atoms with Gasteiger partial charge in [-0.2, -0.15) is 0 Å². The molecule has 0 atom stereocenters. The molecule has 0 spiro atoms. The van der Waals surface area contributed by atoms with Crippen molar-refractivity contribution in [1.29, 1.82) is 0 Å². The molecule has 5 heteroatoms. The molecule has 5 nitrogen and oxygen atoms in total. The molecular formula is C29H24N2O3. The molecule has 0 fully saturated rings. The van der Waals surface area contributed by atoms with Crippen LogP contribution in [0.1, 0.15) is 16.7 Å². The largest absolute Gasteiger partial charge is 0.497 e. The lowest BCUT2D eigenvalue weighted by Gasteiger charge is -2.18. The van der Waals surface area contributed by atoms with Crippen LogP contribution in [0.25, 0.3) is 16.3 Å². The van der Waals surface area contributed by atoms with Gasteiger partial charge < -0.3 is 10.1 Å². The summed E-state index contributed by atoms with van der Waals surface area (Å²) in [5.74, 6) is -0.0677. The minimum absolute atomic E-state index is 0.259. The number of rotatable bonds is 5. The highest BCUT2D eigenvalue weighted by Crippen LogP contribution is 2.37. The first kappa shape index (κ1) is 21.5. The monoisotopic (exact) mass is 448 g/mol. The molecule has 1 aliphatic rings. The molecular weight excluding hydrogens is 424 g/mol. The van der Waals surface area contributed by atoms with Gasteiger partial charge >= 0.3 is 0 Å². The lowest BCUT2D eigenvalue weighted by molar-refractivity contribution is -0.120. The van der Waals surface area contributed by atoms with Crippen LogP contribution >= 0.6 is 0 Å². The number of nitrogens with zero attached hydrogens (tertiary/aromatic N) is 1. The summed E-state index contributed by atoms with van der Waals surface area (Å²) in [5.41, 5.74) is 4.71.